The van der Waals surface area contributed by atoms with E-state index in [4.69, 9.17) is 18.6 Å². The van der Waals surface area contributed by atoms with Crippen LogP contribution in [0.5, 0.6) is 17.2 Å². The molecule has 0 bridgehead atoms. The third-order valence-corrected chi connectivity index (χ3v) is 6.32. The van der Waals surface area contributed by atoms with E-state index in [9.17, 15) is 4.79 Å². The molecule has 0 saturated carbocycles. The lowest BCUT2D eigenvalue weighted by atomic mass is 9.98. The molecule has 6 nitrogen and oxygen atoms in total. The van der Waals surface area contributed by atoms with Crippen LogP contribution in [0, 0.1) is 5.92 Å². The zero-order valence-electron chi connectivity index (χ0n) is 19.9. The largest absolute Gasteiger partial charge is 0.496 e. The van der Waals surface area contributed by atoms with E-state index in [1.807, 2.05) is 42.2 Å². The molecule has 1 unspecified atom stereocenters. The van der Waals surface area contributed by atoms with Gasteiger partial charge in [0.1, 0.15) is 11.3 Å². The van der Waals surface area contributed by atoms with Gasteiger partial charge in [0.05, 0.1) is 27.6 Å². The van der Waals surface area contributed by atoms with Crippen LogP contribution in [-0.2, 0) is 4.79 Å². The summed E-state index contributed by atoms with van der Waals surface area (Å²) in [7, 11) is 4.86. The molecule has 0 aliphatic carbocycles. The molecular formula is C27H31NO5. The monoisotopic (exact) mass is 449 g/mol. The van der Waals surface area contributed by atoms with Crippen molar-refractivity contribution < 1.29 is 23.4 Å². The molecule has 1 saturated heterocycles. The summed E-state index contributed by atoms with van der Waals surface area (Å²) in [5.74, 6) is 2.58. The number of furan rings is 1. The normalized spacial score (nSPS) is 16.7. The molecule has 6 heteroatoms. The maximum atomic E-state index is 12.9. The van der Waals surface area contributed by atoms with E-state index in [-0.39, 0.29) is 5.91 Å². The first kappa shape index (κ1) is 22.8. The van der Waals surface area contributed by atoms with Gasteiger partial charge in [-0.25, -0.2) is 0 Å². The van der Waals surface area contributed by atoms with Gasteiger partial charge in [0.25, 0.3) is 0 Å². The number of carbonyl (C=O) groups excluding carboxylic acids is 1. The summed E-state index contributed by atoms with van der Waals surface area (Å²) >= 11 is 0. The summed E-state index contributed by atoms with van der Waals surface area (Å²) in [6, 6.07) is 9.68. The predicted molar refractivity (Wildman–Crippen MR) is 130 cm³/mol. The first-order valence-corrected chi connectivity index (χ1v) is 11.2. The zero-order valence-corrected chi connectivity index (χ0v) is 19.9. The number of benzene rings is 2. The summed E-state index contributed by atoms with van der Waals surface area (Å²) in [4.78, 5) is 14.9. The number of hydrogen-bond donors (Lipinski definition) is 0. The van der Waals surface area contributed by atoms with E-state index in [1.54, 1.807) is 33.7 Å². The van der Waals surface area contributed by atoms with Crippen molar-refractivity contribution in [1.82, 2.24) is 4.90 Å². The molecule has 4 rings (SSSR count). The molecule has 0 radical (unpaired) electrons. The molecule has 0 N–H and O–H groups in total. The second-order valence-corrected chi connectivity index (χ2v) is 8.63. The number of ether oxygens (including phenoxy) is 3. The van der Waals surface area contributed by atoms with Crippen LogP contribution in [0.1, 0.15) is 32.3 Å². The highest BCUT2D eigenvalue weighted by molar-refractivity contribution is 6.00. The number of nitrogens with zero attached hydrogens (tertiary/aromatic N) is 1. The number of carbonyl (C=O) groups is 1. The van der Waals surface area contributed by atoms with Crippen LogP contribution in [0.15, 0.2) is 47.1 Å². The standard InChI is InChI=1S/C27H31NO5/c1-17-7-6-10-28(15-17)27(29)11-18(2)20-13-21-22(16-33-25(21)14-24(20)31-4)19-8-9-23(30-3)26(12-19)32-5/h8-9,11-14,16-17H,6-7,10,15H2,1-5H3/b18-11+. The van der Waals surface area contributed by atoms with Gasteiger partial charge in [-0.2, -0.15) is 0 Å². The summed E-state index contributed by atoms with van der Waals surface area (Å²) in [6.07, 6.45) is 5.68. The van der Waals surface area contributed by atoms with Crippen molar-refractivity contribution in [2.75, 3.05) is 34.4 Å². The van der Waals surface area contributed by atoms with E-state index >= 15 is 0 Å². The summed E-state index contributed by atoms with van der Waals surface area (Å²) in [6.45, 7) is 5.77. The van der Waals surface area contributed by atoms with Crippen molar-refractivity contribution in [3.63, 3.8) is 0 Å². The number of allylic oxidation sites excluding steroid dienone is 1. The number of hydrogen-bond acceptors (Lipinski definition) is 5. The number of piperidine rings is 1. The van der Waals surface area contributed by atoms with Crippen molar-refractivity contribution in [3.05, 3.63) is 48.2 Å². The van der Waals surface area contributed by atoms with Gasteiger partial charge >= 0.3 is 0 Å². The van der Waals surface area contributed by atoms with Crippen molar-refractivity contribution in [3.8, 4) is 28.4 Å². The zero-order chi connectivity index (χ0) is 23.5. The van der Waals surface area contributed by atoms with E-state index in [2.05, 4.69) is 6.92 Å². The lowest BCUT2D eigenvalue weighted by molar-refractivity contribution is -0.127. The highest BCUT2D eigenvalue weighted by Crippen LogP contribution is 2.40. The van der Waals surface area contributed by atoms with Crippen molar-refractivity contribution in [1.29, 1.82) is 0 Å². The molecule has 1 atom stereocenters. The van der Waals surface area contributed by atoms with Gasteiger partial charge in [0.2, 0.25) is 5.91 Å². The van der Waals surface area contributed by atoms with Crippen molar-refractivity contribution in [2.24, 2.45) is 5.92 Å². The molecule has 2 heterocycles. The molecule has 174 valence electrons. The number of methoxy groups -OCH3 is 3. The first-order valence-electron chi connectivity index (χ1n) is 11.2. The molecule has 2 aromatic carbocycles. The Morgan fingerprint density at radius 1 is 1.06 bits per heavy atom. The van der Waals surface area contributed by atoms with Crippen LogP contribution in [0.4, 0.5) is 0 Å². The van der Waals surface area contributed by atoms with Gasteiger partial charge in [-0.1, -0.05) is 13.0 Å². The molecule has 3 aromatic rings. The van der Waals surface area contributed by atoms with Gasteiger partial charge in [0.15, 0.2) is 11.5 Å². The molecule has 1 amide bonds. The topological polar surface area (TPSA) is 61.1 Å². The fraction of sp³-hybridized carbons (Fsp3) is 0.370. The minimum absolute atomic E-state index is 0.0495. The van der Waals surface area contributed by atoms with Gasteiger partial charge in [0, 0.05) is 41.7 Å². The second-order valence-electron chi connectivity index (χ2n) is 8.63. The lowest BCUT2D eigenvalue weighted by Crippen LogP contribution is -2.38. The molecule has 0 spiro atoms. The third-order valence-electron chi connectivity index (χ3n) is 6.32. The highest BCUT2D eigenvalue weighted by atomic mass is 16.5. The summed E-state index contributed by atoms with van der Waals surface area (Å²) < 4.78 is 22.3. The Kier molecular flexibility index (Phi) is 6.63. The minimum Gasteiger partial charge on any atom is -0.496 e. The maximum Gasteiger partial charge on any atom is 0.246 e. The first-order chi connectivity index (χ1) is 15.9. The Labute approximate surface area is 194 Å². The number of fused-ring (bicyclic) bond motifs is 1. The Morgan fingerprint density at radius 2 is 1.82 bits per heavy atom. The Hall–Kier alpha value is -3.41. The van der Waals surface area contributed by atoms with Gasteiger partial charge in [-0.05, 0) is 55.0 Å². The molecular weight excluding hydrogens is 418 g/mol. The van der Waals surface area contributed by atoms with Crippen LogP contribution in [-0.4, -0.2) is 45.2 Å². The van der Waals surface area contributed by atoms with Crippen LogP contribution in [0.2, 0.25) is 0 Å². The fourth-order valence-corrected chi connectivity index (χ4v) is 4.50. The van der Waals surface area contributed by atoms with Crippen molar-refractivity contribution in [2.45, 2.75) is 26.7 Å². The van der Waals surface area contributed by atoms with Crippen LogP contribution >= 0.6 is 0 Å². The number of likely N-dealkylation sites (tertiary alicyclic amines) is 1. The molecule has 33 heavy (non-hydrogen) atoms. The number of amides is 1. The number of rotatable bonds is 6. The minimum atomic E-state index is 0.0495. The SMILES string of the molecule is COc1ccc(-c2coc3cc(OC)c(/C(C)=C/C(=O)N4CCCC(C)C4)cc23)cc1OC. The molecule has 1 fully saturated rings. The lowest BCUT2D eigenvalue weighted by Gasteiger charge is -2.30. The average molecular weight is 450 g/mol. The summed E-state index contributed by atoms with van der Waals surface area (Å²) in [5.41, 5.74) is 4.31. The molecule has 1 aromatic heterocycles. The average Bonchev–Trinajstić information content (AvgIpc) is 3.25. The molecule has 1 aliphatic rings. The maximum absolute atomic E-state index is 12.9. The smallest absolute Gasteiger partial charge is 0.246 e. The van der Waals surface area contributed by atoms with Crippen LogP contribution < -0.4 is 14.2 Å². The highest BCUT2D eigenvalue weighted by Gasteiger charge is 2.21. The second kappa shape index (κ2) is 9.61. The van der Waals surface area contributed by atoms with Crippen molar-refractivity contribution >= 4 is 22.4 Å². The van der Waals surface area contributed by atoms with E-state index in [0.29, 0.717) is 28.7 Å². The van der Waals surface area contributed by atoms with E-state index in [1.165, 1.54) is 6.42 Å². The molecule has 1 aliphatic heterocycles. The van der Waals surface area contributed by atoms with Gasteiger partial charge in [-0.15, -0.1) is 0 Å². The Balaban J connectivity index is 1.74. The summed E-state index contributed by atoms with van der Waals surface area (Å²) in [5, 5.41) is 0.935. The quantitative estimate of drug-likeness (QED) is 0.446. The van der Waals surface area contributed by atoms with E-state index < -0.39 is 0 Å². The third kappa shape index (κ3) is 4.56. The fourth-order valence-electron chi connectivity index (χ4n) is 4.50. The van der Waals surface area contributed by atoms with Crippen LogP contribution in [0.3, 0.4) is 0 Å². The van der Waals surface area contributed by atoms with Gasteiger partial charge in [-0.3, -0.25) is 4.79 Å². The Morgan fingerprint density at radius 3 is 2.52 bits per heavy atom. The Bertz CT molecular complexity index is 1190. The van der Waals surface area contributed by atoms with E-state index in [0.717, 1.165) is 47.2 Å². The van der Waals surface area contributed by atoms with Crippen LogP contribution in [0.25, 0.3) is 27.7 Å². The van der Waals surface area contributed by atoms with Gasteiger partial charge < -0.3 is 23.5 Å². The predicted octanol–water partition coefficient (Wildman–Crippen LogP) is 5.79.